The lowest BCUT2D eigenvalue weighted by molar-refractivity contribution is -0.136. The minimum atomic E-state index is -1.92. The van der Waals surface area contributed by atoms with Crippen LogP contribution < -0.4 is 4.90 Å². The van der Waals surface area contributed by atoms with Crippen molar-refractivity contribution in [1.29, 1.82) is 0 Å². The third kappa shape index (κ3) is 3.42. The number of amides is 1. The first-order valence-electron chi connectivity index (χ1n) is 8.55. The number of carbonyl (C=O) groups is 2. The van der Waals surface area contributed by atoms with E-state index in [0.717, 1.165) is 21.4 Å². The summed E-state index contributed by atoms with van der Waals surface area (Å²) in [4.78, 5) is 27.9. The van der Waals surface area contributed by atoms with Gasteiger partial charge in [0.05, 0.1) is 27.9 Å². The molecule has 0 saturated carbocycles. The van der Waals surface area contributed by atoms with Crippen LogP contribution in [-0.4, -0.2) is 16.8 Å². The van der Waals surface area contributed by atoms with E-state index in [0.29, 0.717) is 27.0 Å². The van der Waals surface area contributed by atoms with Crippen molar-refractivity contribution in [2.45, 2.75) is 18.6 Å². The normalized spacial score (nSPS) is 18.4. The summed E-state index contributed by atoms with van der Waals surface area (Å²) in [5.41, 5.74) is 0.0576. The van der Waals surface area contributed by atoms with Gasteiger partial charge in [0.25, 0.3) is 5.91 Å². The number of Topliss-reactive ketones (excluding diaryl/α,β-unsaturated/α-hetero) is 1. The standard InChI is InChI=1S/C21H15BrClNO3S/c22-14-6-7-16-15(10-14)21(27,11-17(25)18-8-9-19(23)28-18)20(26)24(16)12-13-4-2-1-3-5-13/h1-10,27H,11-12H2/t21-/m0/s1. The number of fused-ring (bicyclic) bond motifs is 1. The molecule has 1 N–H and O–H groups in total. The van der Waals surface area contributed by atoms with E-state index in [9.17, 15) is 14.7 Å². The molecule has 0 aliphatic carbocycles. The fraction of sp³-hybridized carbons (Fsp3) is 0.143. The second-order valence-corrected chi connectivity index (χ2v) is 9.23. The van der Waals surface area contributed by atoms with Crippen LogP contribution in [0.3, 0.4) is 0 Å². The molecule has 2 aromatic carbocycles. The first-order valence-corrected chi connectivity index (χ1v) is 10.5. The summed E-state index contributed by atoms with van der Waals surface area (Å²) in [5, 5.41) is 11.4. The van der Waals surface area contributed by atoms with Crippen molar-refractivity contribution in [2.75, 3.05) is 4.90 Å². The number of nitrogens with zero attached hydrogens (tertiary/aromatic N) is 1. The van der Waals surface area contributed by atoms with Gasteiger partial charge in [-0.25, -0.2) is 0 Å². The van der Waals surface area contributed by atoms with Crippen LogP contribution >= 0.6 is 38.9 Å². The quantitative estimate of drug-likeness (QED) is 0.517. The lowest BCUT2D eigenvalue weighted by atomic mass is 9.89. The van der Waals surface area contributed by atoms with Gasteiger partial charge < -0.3 is 10.0 Å². The molecule has 1 aliphatic rings. The molecule has 28 heavy (non-hydrogen) atoms. The van der Waals surface area contributed by atoms with Crippen LogP contribution in [0.1, 0.15) is 27.2 Å². The number of anilines is 1. The van der Waals surface area contributed by atoms with E-state index in [1.54, 1.807) is 24.3 Å². The zero-order valence-corrected chi connectivity index (χ0v) is 17.7. The zero-order valence-electron chi connectivity index (χ0n) is 14.6. The van der Waals surface area contributed by atoms with E-state index in [4.69, 9.17) is 11.6 Å². The van der Waals surface area contributed by atoms with E-state index in [1.807, 2.05) is 36.4 Å². The second kappa shape index (κ2) is 7.44. The van der Waals surface area contributed by atoms with Gasteiger partial charge in [-0.1, -0.05) is 57.9 Å². The molecule has 1 aromatic heterocycles. The Labute approximate surface area is 179 Å². The zero-order chi connectivity index (χ0) is 19.9. The predicted molar refractivity (Wildman–Crippen MR) is 114 cm³/mol. The molecule has 4 rings (SSSR count). The average molecular weight is 477 g/mol. The molecule has 4 nitrogen and oxygen atoms in total. The maximum absolute atomic E-state index is 13.3. The summed E-state index contributed by atoms with van der Waals surface area (Å²) in [6.07, 6.45) is -0.336. The fourth-order valence-corrected chi connectivity index (χ4v) is 4.74. The molecule has 0 bridgehead atoms. The molecule has 2 heterocycles. The predicted octanol–water partition coefficient (Wildman–Crippen LogP) is 5.17. The van der Waals surface area contributed by atoms with Crippen LogP contribution in [0.4, 0.5) is 5.69 Å². The Hall–Kier alpha value is -1.99. The maximum Gasteiger partial charge on any atom is 0.264 e. The highest BCUT2D eigenvalue weighted by Crippen LogP contribution is 2.45. The Morgan fingerprint density at radius 3 is 2.57 bits per heavy atom. The number of ketones is 1. The van der Waals surface area contributed by atoms with Crippen molar-refractivity contribution in [3.8, 4) is 0 Å². The Morgan fingerprint density at radius 1 is 1.14 bits per heavy atom. The number of thiophene rings is 1. The number of halogens is 2. The lowest BCUT2D eigenvalue weighted by Gasteiger charge is -2.22. The topological polar surface area (TPSA) is 57.6 Å². The number of aliphatic hydroxyl groups is 1. The molecule has 0 spiro atoms. The number of carbonyl (C=O) groups excluding carboxylic acids is 2. The average Bonchev–Trinajstić information content (AvgIpc) is 3.19. The summed E-state index contributed by atoms with van der Waals surface area (Å²) < 4.78 is 1.22. The van der Waals surface area contributed by atoms with Crippen LogP contribution in [0, 0.1) is 0 Å². The van der Waals surface area contributed by atoms with Gasteiger partial charge in [-0.3, -0.25) is 9.59 Å². The second-order valence-electron chi connectivity index (χ2n) is 6.60. The number of hydrogen-bond donors (Lipinski definition) is 1. The summed E-state index contributed by atoms with van der Waals surface area (Å²) >= 11 is 10.5. The first-order chi connectivity index (χ1) is 13.4. The summed E-state index contributed by atoms with van der Waals surface area (Å²) in [6.45, 7) is 0.315. The molecule has 0 radical (unpaired) electrons. The first kappa shape index (κ1) is 19.3. The van der Waals surface area contributed by atoms with Gasteiger partial charge in [0.15, 0.2) is 11.4 Å². The van der Waals surface area contributed by atoms with E-state index in [2.05, 4.69) is 15.9 Å². The molecule has 0 saturated heterocycles. The van der Waals surface area contributed by atoms with Crippen molar-refractivity contribution in [3.05, 3.63) is 85.5 Å². The highest BCUT2D eigenvalue weighted by atomic mass is 79.9. The number of benzene rings is 2. The molecular formula is C21H15BrClNO3S. The Kier molecular flexibility index (Phi) is 5.14. The number of rotatable bonds is 5. The molecule has 0 fully saturated rings. The van der Waals surface area contributed by atoms with Gasteiger partial charge in [0, 0.05) is 10.0 Å². The molecule has 1 amide bonds. The third-order valence-corrected chi connectivity index (χ3v) is 6.51. The maximum atomic E-state index is 13.3. The highest BCUT2D eigenvalue weighted by molar-refractivity contribution is 9.10. The lowest BCUT2D eigenvalue weighted by Crippen LogP contribution is -2.41. The number of hydrogen-bond acceptors (Lipinski definition) is 4. The SMILES string of the molecule is O=C(C[C@@]1(O)C(=O)N(Cc2ccccc2)c2ccc(Br)cc21)c1ccc(Cl)s1. The van der Waals surface area contributed by atoms with Gasteiger partial charge >= 0.3 is 0 Å². The van der Waals surface area contributed by atoms with Crippen LogP contribution in [0.25, 0.3) is 0 Å². The van der Waals surface area contributed by atoms with Crippen LogP contribution in [-0.2, 0) is 16.9 Å². The van der Waals surface area contributed by atoms with Crippen LogP contribution in [0.15, 0.2) is 65.1 Å². The Morgan fingerprint density at radius 2 is 1.89 bits per heavy atom. The molecule has 0 unspecified atom stereocenters. The van der Waals surface area contributed by atoms with E-state index >= 15 is 0 Å². The van der Waals surface area contributed by atoms with E-state index in [-0.39, 0.29) is 12.2 Å². The van der Waals surface area contributed by atoms with Crippen molar-refractivity contribution in [3.63, 3.8) is 0 Å². The molecular weight excluding hydrogens is 462 g/mol. The monoisotopic (exact) mass is 475 g/mol. The van der Waals surface area contributed by atoms with Crippen LogP contribution in [0.2, 0.25) is 4.34 Å². The van der Waals surface area contributed by atoms with Gasteiger partial charge in [-0.15, -0.1) is 11.3 Å². The van der Waals surface area contributed by atoms with Gasteiger partial charge in [0.2, 0.25) is 0 Å². The van der Waals surface area contributed by atoms with Crippen molar-refractivity contribution < 1.29 is 14.7 Å². The summed E-state index contributed by atoms with van der Waals surface area (Å²) in [6, 6.07) is 18.1. The fourth-order valence-electron chi connectivity index (χ4n) is 3.40. The molecule has 1 aliphatic heterocycles. The van der Waals surface area contributed by atoms with Crippen molar-refractivity contribution in [1.82, 2.24) is 0 Å². The molecule has 1 atom stereocenters. The minimum absolute atomic E-state index is 0.315. The smallest absolute Gasteiger partial charge is 0.264 e. The van der Waals surface area contributed by atoms with Gasteiger partial charge in [0.1, 0.15) is 0 Å². The van der Waals surface area contributed by atoms with Crippen molar-refractivity contribution in [2.24, 2.45) is 0 Å². The summed E-state index contributed by atoms with van der Waals surface area (Å²) in [5.74, 6) is -0.819. The van der Waals surface area contributed by atoms with Crippen LogP contribution in [0.5, 0.6) is 0 Å². The molecule has 142 valence electrons. The summed E-state index contributed by atoms with van der Waals surface area (Å²) in [7, 11) is 0. The Balaban J connectivity index is 1.72. The van der Waals surface area contributed by atoms with Crippen molar-refractivity contribution >= 4 is 56.2 Å². The third-order valence-electron chi connectivity index (χ3n) is 4.74. The molecule has 3 aromatic rings. The largest absolute Gasteiger partial charge is 0.375 e. The molecule has 7 heteroatoms. The minimum Gasteiger partial charge on any atom is -0.375 e. The van der Waals surface area contributed by atoms with E-state index in [1.165, 1.54) is 4.90 Å². The Bertz CT molecular complexity index is 1070. The van der Waals surface area contributed by atoms with Gasteiger partial charge in [-0.05, 0) is 35.9 Å². The van der Waals surface area contributed by atoms with Gasteiger partial charge in [-0.2, -0.15) is 0 Å². The highest BCUT2D eigenvalue weighted by Gasteiger charge is 2.51. The van der Waals surface area contributed by atoms with E-state index < -0.39 is 11.5 Å².